The number of fused-ring (bicyclic) bond motifs is 2. The summed E-state index contributed by atoms with van der Waals surface area (Å²) in [6, 6.07) is 2.65. The van der Waals surface area contributed by atoms with E-state index in [-0.39, 0.29) is 0 Å². The first-order valence-corrected chi connectivity index (χ1v) is 6.12. The predicted octanol–water partition coefficient (Wildman–Crippen LogP) is 2.48. The minimum atomic E-state index is 0.401. The zero-order valence-corrected chi connectivity index (χ0v) is 9.45. The molecule has 0 aromatic carbocycles. The van der Waals surface area contributed by atoms with Crippen LogP contribution in [0.15, 0.2) is 12.2 Å². The summed E-state index contributed by atoms with van der Waals surface area (Å²) in [6.45, 7) is 3.25. The molecule has 4 unspecified atom stereocenters. The number of nitrogens with zero attached hydrogens (tertiary/aromatic N) is 1. The van der Waals surface area contributed by atoms with E-state index in [4.69, 9.17) is 5.26 Å². The van der Waals surface area contributed by atoms with Crippen LogP contribution in [-0.4, -0.2) is 12.6 Å². The highest BCUT2D eigenvalue weighted by Gasteiger charge is 2.35. The highest BCUT2D eigenvalue weighted by atomic mass is 14.9. The van der Waals surface area contributed by atoms with Gasteiger partial charge in [-0.1, -0.05) is 19.1 Å². The molecule has 15 heavy (non-hydrogen) atoms. The van der Waals surface area contributed by atoms with Crippen LogP contribution in [-0.2, 0) is 0 Å². The molecule has 0 amide bonds. The Morgan fingerprint density at radius 2 is 2.33 bits per heavy atom. The minimum absolute atomic E-state index is 0.401. The van der Waals surface area contributed by atoms with Crippen molar-refractivity contribution < 1.29 is 0 Å². The molecule has 0 saturated heterocycles. The first kappa shape index (κ1) is 10.7. The van der Waals surface area contributed by atoms with Gasteiger partial charge in [-0.2, -0.15) is 5.26 Å². The molecule has 2 bridgehead atoms. The lowest BCUT2D eigenvalue weighted by molar-refractivity contribution is 0.378. The van der Waals surface area contributed by atoms with Gasteiger partial charge in [0.1, 0.15) is 0 Å². The van der Waals surface area contributed by atoms with E-state index in [1.54, 1.807) is 0 Å². The molecule has 4 atom stereocenters. The molecule has 2 rings (SSSR count). The summed E-state index contributed by atoms with van der Waals surface area (Å²) in [6.07, 6.45) is 9.22. The van der Waals surface area contributed by atoms with Gasteiger partial charge in [-0.3, -0.25) is 0 Å². The smallest absolute Gasteiger partial charge is 0.0638 e. The highest BCUT2D eigenvalue weighted by molar-refractivity contribution is 5.10. The molecule has 0 spiro atoms. The van der Waals surface area contributed by atoms with Crippen molar-refractivity contribution in [3.05, 3.63) is 12.2 Å². The van der Waals surface area contributed by atoms with Gasteiger partial charge in [0.15, 0.2) is 0 Å². The predicted molar refractivity (Wildman–Crippen MR) is 61.2 cm³/mol. The van der Waals surface area contributed by atoms with Crippen LogP contribution >= 0.6 is 0 Å². The van der Waals surface area contributed by atoms with Crippen LogP contribution in [0.1, 0.15) is 32.6 Å². The van der Waals surface area contributed by atoms with E-state index in [1.807, 2.05) is 0 Å². The van der Waals surface area contributed by atoms with Crippen LogP contribution in [0.25, 0.3) is 0 Å². The molecule has 0 heterocycles. The second kappa shape index (κ2) is 4.81. The number of allylic oxidation sites excluding steroid dienone is 2. The Morgan fingerprint density at radius 1 is 1.47 bits per heavy atom. The fourth-order valence-electron chi connectivity index (χ4n) is 2.92. The third-order valence-electron chi connectivity index (χ3n) is 3.92. The Balaban J connectivity index is 1.74. The molecular weight excluding hydrogens is 184 g/mol. The van der Waals surface area contributed by atoms with Gasteiger partial charge in [0.2, 0.25) is 0 Å². The van der Waals surface area contributed by atoms with Gasteiger partial charge in [-0.15, -0.1) is 0 Å². The highest BCUT2D eigenvalue weighted by Crippen LogP contribution is 2.42. The van der Waals surface area contributed by atoms with Crippen molar-refractivity contribution >= 4 is 0 Å². The van der Waals surface area contributed by atoms with E-state index in [9.17, 15) is 0 Å². The van der Waals surface area contributed by atoms with Gasteiger partial charge < -0.3 is 5.32 Å². The summed E-state index contributed by atoms with van der Waals surface area (Å²) in [4.78, 5) is 0. The van der Waals surface area contributed by atoms with E-state index >= 15 is 0 Å². The minimum Gasteiger partial charge on any atom is -0.313 e. The zero-order chi connectivity index (χ0) is 10.7. The Bertz CT molecular complexity index is 277. The van der Waals surface area contributed by atoms with Crippen LogP contribution in [0.5, 0.6) is 0 Å². The van der Waals surface area contributed by atoms with Crippen LogP contribution in [0.2, 0.25) is 0 Å². The molecule has 0 radical (unpaired) electrons. The molecule has 1 N–H and O–H groups in total. The lowest BCUT2D eigenvalue weighted by Gasteiger charge is -2.21. The molecule has 2 heteroatoms. The topological polar surface area (TPSA) is 35.8 Å². The van der Waals surface area contributed by atoms with Crippen molar-refractivity contribution in [1.82, 2.24) is 5.32 Å². The Hall–Kier alpha value is -0.810. The Kier molecular flexibility index (Phi) is 3.43. The van der Waals surface area contributed by atoms with Gasteiger partial charge in [0.05, 0.1) is 12.5 Å². The molecule has 0 aliphatic heterocycles. The van der Waals surface area contributed by atoms with Crippen molar-refractivity contribution in [1.29, 1.82) is 5.26 Å². The van der Waals surface area contributed by atoms with Gasteiger partial charge >= 0.3 is 0 Å². The number of hydrogen-bond donors (Lipinski definition) is 1. The van der Waals surface area contributed by atoms with Crippen molar-refractivity contribution in [2.45, 2.75) is 38.6 Å². The zero-order valence-electron chi connectivity index (χ0n) is 9.45. The molecule has 2 aliphatic rings. The van der Waals surface area contributed by atoms with Gasteiger partial charge in [0.25, 0.3) is 0 Å². The fraction of sp³-hybridized carbons (Fsp3) is 0.769. The average molecular weight is 204 g/mol. The second-order valence-electron chi connectivity index (χ2n) is 4.92. The van der Waals surface area contributed by atoms with Crippen LogP contribution in [0, 0.1) is 29.1 Å². The quantitative estimate of drug-likeness (QED) is 0.698. The molecule has 2 nitrogen and oxygen atoms in total. The number of hydrogen-bond acceptors (Lipinski definition) is 2. The third kappa shape index (κ3) is 2.41. The normalized spacial score (nSPS) is 34.3. The summed E-state index contributed by atoms with van der Waals surface area (Å²) in [5.41, 5.74) is 0. The molecule has 82 valence electrons. The van der Waals surface area contributed by atoms with E-state index in [1.165, 1.54) is 12.8 Å². The third-order valence-corrected chi connectivity index (χ3v) is 3.92. The van der Waals surface area contributed by atoms with Crippen molar-refractivity contribution in [2.24, 2.45) is 17.8 Å². The van der Waals surface area contributed by atoms with Crippen molar-refractivity contribution in [3.63, 3.8) is 0 Å². The summed E-state index contributed by atoms with van der Waals surface area (Å²) in [5, 5.41) is 12.2. The van der Waals surface area contributed by atoms with Crippen LogP contribution in [0.3, 0.4) is 0 Å². The van der Waals surface area contributed by atoms with Crippen LogP contribution in [0.4, 0.5) is 0 Å². The summed E-state index contributed by atoms with van der Waals surface area (Å²) in [7, 11) is 0. The van der Waals surface area contributed by atoms with Crippen molar-refractivity contribution in [2.75, 3.05) is 6.54 Å². The summed E-state index contributed by atoms with van der Waals surface area (Å²) >= 11 is 0. The SMILES string of the molecule is CCC(CC#N)NCC1CC2C=CC1C2. The van der Waals surface area contributed by atoms with E-state index in [0.717, 1.165) is 30.7 Å². The second-order valence-corrected chi connectivity index (χ2v) is 4.92. The van der Waals surface area contributed by atoms with E-state index < -0.39 is 0 Å². The van der Waals surface area contributed by atoms with Gasteiger partial charge in [0, 0.05) is 6.04 Å². The molecule has 1 saturated carbocycles. The lowest BCUT2D eigenvalue weighted by atomic mass is 9.93. The fourth-order valence-corrected chi connectivity index (χ4v) is 2.92. The number of rotatable bonds is 5. The van der Waals surface area contributed by atoms with Crippen LogP contribution < -0.4 is 5.32 Å². The average Bonchev–Trinajstić information content (AvgIpc) is 2.85. The number of nitrogens with one attached hydrogen (secondary N) is 1. The number of nitriles is 1. The monoisotopic (exact) mass is 204 g/mol. The summed E-state index contributed by atoms with van der Waals surface area (Å²) in [5.74, 6) is 2.51. The molecular formula is C13H20N2. The van der Waals surface area contributed by atoms with Gasteiger partial charge in [-0.05, 0) is 43.6 Å². The molecule has 1 fully saturated rings. The maximum atomic E-state index is 8.66. The summed E-state index contributed by atoms with van der Waals surface area (Å²) < 4.78 is 0. The molecule has 2 aliphatic carbocycles. The maximum Gasteiger partial charge on any atom is 0.0638 e. The van der Waals surface area contributed by atoms with Crippen molar-refractivity contribution in [3.8, 4) is 6.07 Å². The largest absolute Gasteiger partial charge is 0.313 e. The van der Waals surface area contributed by atoms with E-state index in [2.05, 4.69) is 30.5 Å². The Morgan fingerprint density at radius 3 is 2.87 bits per heavy atom. The Labute approximate surface area is 92.4 Å². The van der Waals surface area contributed by atoms with Gasteiger partial charge in [-0.25, -0.2) is 0 Å². The maximum absolute atomic E-state index is 8.66. The standard InChI is InChI=1S/C13H20N2/c1-2-13(5-6-14)15-9-12-8-10-3-4-11(12)7-10/h3-4,10-13,15H,2,5,7-9H2,1H3. The first-order valence-electron chi connectivity index (χ1n) is 6.12. The van der Waals surface area contributed by atoms with E-state index in [0.29, 0.717) is 12.5 Å². The molecule has 0 aromatic rings. The lowest BCUT2D eigenvalue weighted by Crippen LogP contribution is -2.34. The molecule has 0 aromatic heterocycles. The first-order chi connectivity index (χ1) is 7.33.